The van der Waals surface area contributed by atoms with Crippen molar-refractivity contribution >= 4 is 10.1 Å². The van der Waals surface area contributed by atoms with E-state index in [4.69, 9.17) is 23.1 Å². The summed E-state index contributed by atoms with van der Waals surface area (Å²) in [6.45, 7) is 3.80. The van der Waals surface area contributed by atoms with E-state index >= 15 is 0 Å². The van der Waals surface area contributed by atoms with Gasteiger partial charge in [0.15, 0.2) is 12.1 Å². The van der Waals surface area contributed by atoms with Crippen LogP contribution in [0.15, 0.2) is 0 Å². The molecule has 7 nitrogen and oxygen atoms in total. The van der Waals surface area contributed by atoms with Crippen LogP contribution in [0.25, 0.3) is 0 Å². The number of fused-ring (bicyclic) bond motifs is 4. The fourth-order valence-corrected chi connectivity index (χ4v) is 3.23. The first-order valence-corrected chi connectivity index (χ1v) is 7.58. The Hall–Kier alpha value is -0.250. The molecule has 0 aliphatic carbocycles. The van der Waals surface area contributed by atoms with Gasteiger partial charge in [-0.05, 0) is 13.8 Å². The predicted octanol–water partition coefficient (Wildman–Crippen LogP) is -0.394. The van der Waals surface area contributed by atoms with E-state index in [1.807, 2.05) is 0 Å². The summed E-state index contributed by atoms with van der Waals surface area (Å²) in [5.41, 5.74) is 0. The summed E-state index contributed by atoms with van der Waals surface area (Å²) in [6, 6.07) is 0. The Morgan fingerprint density at radius 3 is 2.56 bits per heavy atom. The van der Waals surface area contributed by atoms with E-state index in [9.17, 15) is 8.42 Å². The van der Waals surface area contributed by atoms with Crippen molar-refractivity contribution < 1.29 is 31.5 Å². The first kappa shape index (κ1) is 12.8. The van der Waals surface area contributed by atoms with Crippen molar-refractivity contribution in [3.8, 4) is 0 Å². The van der Waals surface area contributed by atoms with Gasteiger partial charge in [0, 0.05) is 0 Å². The summed E-state index contributed by atoms with van der Waals surface area (Å²) in [4.78, 5) is 0. The fourth-order valence-electron chi connectivity index (χ4n) is 2.60. The number of hydrogen-bond donors (Lipinski definition) is 0. The molecule has 0 aromatic rings. The zero-order chi connectivity index (χ0) is 13.1. The average Bonchev–Trinajstić information content (AvgIpc) is 2.74. The molecule has 3 saturated heterocycles. The Bertz CT molecular complexity index is 445. The molecule has 0 amide bonds. The second-order valence-electron chi connectivity index (χ2n) is 5.21. The van der Waals surface area contributed by atoms with E-state index in [-0.39, 0.29) is 6.61 Å². The monoisotopic (exact) mass is 280 g/mol. The van der Waals surface area contributed by atoms with Gasteiger partial charge in [0.25, 0.3) is 10.1 Å². The maximum Gasteiger partial charge on any atom is 0.264 e. The highest BCUT2D eigenvalue weighted by molar-refractivity contribution is 7.86. The van der Waals surface area contributed by atoms with Gasteiger partial charge in [0.2, 0.25) is 0 Å². The lowest BCUT2D eigenvalue weighted by Crippen LogP contribution is -2.53. The van der Waals surface area contributed by atoms with E-state index in [0.717, 1.165) is 6.26 Å². The standard InChI is InChI=1S/C10H16O7S/c1-10(2)15-7-6(17-18(3,11)12)5-4-13-9(14-5)8(7)16-10/h5-9H,4H2,1-3H3/t5-,6-,7+,8-,9+/m0/s1. The van der Waals surface area contributed by atoms with Crippen LogP contribution in [0.3, 0.4) is 0 Å². The van der Waals surface area contributed by atoms with Crippen molar-refractivity contribution in [1.29, 1.82) is 0 Å². The summed E-state index contributed by atoms with van der Waals surface area (Å²) < 4.78 is 50.1. The van der Waals surface area contributed by atoms with Crippen LogP contribution >= 0.6 is 0 Å². The highest BCUT2D eigenvalue weighted by atomic mass is 32.2. The molecule has 0 unspecified atom stereocenters. The maximum absolute atomic E-state index is 11.3. The Morgan fingerprint density at radius 2 is 1.89 bits per heavy atom. The van der Waals surface area contributed by atoms with Gasteiger partial charge in [-0.2, -0.15) is 8.42 Å². The van der Waals surface area contributed by atoms with Gasteiger partial charge in [0.1, 0.15) is 24.4 Å². The van der Waals surface area contributed by atoms with E-state index in [1.54, 1.807) is 13.8 Å². The summed E-state index contributed by atoms with van der Waals surface area (Å²) in [6.07, 6.45) is -1.65. The molecule has 0 N–H and O–H groups in total. The predicted molar refractivity (Wildman–Crippen MR) is 58.2 cm³/mol. The molecule has 0 spiro atoms. The second kappa shape index (κ2) is 3.87. The summed E-state index contributed by atoms with van der Waals surface area (Å²) in [7, 11) is -3.60. The quantitative estimate of drug-likeness (QED) is 0.637. The first-order valence-electron chi connectivity index (χ1n) is 5.76. The Labute approximate surface area is 105 Å². The van der Waals surface area contributed by atoms with Gasteiger partial charge in [-0.3, -0.25) is 4.18 Å². The highest BCUT2D eigenvalue weighted by Gasteiger charge is 2.59. The molecule has 104 valence electrons. The fraction of sp³-hybridized carbons (Fsp3) is 1.00. The smallest absolute Gasteiger partial charge is 0.264 e. The third kappa shape index (κ3) is 2.17. The van der Waals surface area contributed by atoms with Crippen molar-refractivity contribution in [2.24, 2.45) is 0 Å². The molecule has 2 bridgehead atoms. The number of ether oxygens (including phenoxy) is 4. The second-order valence-corrected chi connectivity index (χ2v) is 6.81. The molecule has 0 saturated carbocycles. The summed E-state index contributed by atoms with van der Waals surface area (Å²) >= 11 is 0. The average molecular weight is 280 g/mol. The Balaban J connectivity index is 1.88. The lowest BCUT2D eigenvalue weighted by atomic mass is 10.0. The zero-order valence-electron chi connectivity index (χ0n) is 10.4. The van der Waals surface area contributed by atoms with Gasteiger partial charge in [0.05, 0.1) is 12.9 Å². The maximum atomic E-state index is 11.3. The van der Waals surface area contributed by atoms with Crippen molar-refractivity contribution in [3.05, 3.63) is 0 Å². The Kier molecular flexibility index (Phi) is 2.75. The van der Waals surface area contributed by atoms with Crippen LogP contribution in [0.2, 0.25) is 0 Å². The number of hydrogen-bond acceptors (Lipinski definition) is 7. The molecular formula is C10H16O7S. The van der Waals surface area contributed by atoms with E-state index < -0.39 is 46.6 Å². The van der Waals surface area contributed by atoms with Crippen LogP contribution in [-0.4, -0.2) is 57.8 Å². The summed E-state index contributed by atoms with van der Waals surface area (Å²) in [5, 5.41) is 0. The third-order valence-corrected chi connectivity index (χ3v) is 3.71. The van der Waals surface area contributed by atoms with Crippen LogP contribution in [0.4, 0.5) is 0 Å². The summed E-state index contributed by atoms with van der Waals surface area (Å²) in [5.74, 6) is -0.800. The third-order valence-electron chi connectivity index (χ3n) is 3.14. The molecule has 3 aliphatic rings. The Morgan fingerprint density at radius 1 is 1.22 bits per heavy atom. The van der Waals surface area contributed by atoms with E-state index in [1.165, 1.54) is 0 Å². The highest BCUT2D eigenvalue weighted by Crippen LogP contribution is 2.41. The van der Waals surface area contributed by atoms with Gasteiger partial charge < -0.3 is 18.9 Å². The van der Waals surface area contributed by atoms with Crippen LogP contribution < -0.4 is 0 Å². The number of rotatable bonds is 2. The van der Waals surface area contributed by atoms with Gasteiger partial charge >= 0.3 is 0 Å². The zero-order valence-corrected chi connectivity index (χ0v) is 11.2. The lowest BCUT2D eigenvalue weighted by Gasteiger charge is -2.33. The molecule has 18 heavy (non-hydrogen) atoms. The topological polar surface area (TPSA) is 80.3 Å². The molecule has 0 aromatic carbocycles. The minimum Gasteiger partial charge on any atom is -0.347 e. The molecule has 0 radical (unpaired) electrons. The van der Waals surface area contributed by atoms with Gasteiger partial charge in [-0.1, -0.05) is 0 Å². The van der Waals surface area contributed by atoms with E-state index in [0.29, 0.717) is 0 Å². The largest absolute Gasteiger partial charge is 0.347 e. The van der Waals surface area contributed by atoms with Gasteiger partial charge in [-0.25, -0.2) is 0 Å². The van der Waals surface area contributed by atoms with Gasteiger partial charge in [-0.15, -0.1) is 0 Å². The van der Waals surface area contributed by atoms with Crippen LogP contribution in [-0.2, 0) is 33.2 Å². The SMILES string of the molecule is CC1(C)O[C@H]2[C@H](O1)[C@@H]1OC[C@H](O1)[C@@H]2OS(C)(=O)=O. The molecular weight excluding hydrogens is 264 g/mol. The molecule has 3 heterocycles. The van der Waals surface area contributed by atoms with E-state index in [2.05, 4.69) is 0 Å². The minimum absolute atomic E-state index is 0.283. The van der Waals surface area contributed by atoms with Crippen molar-refractivity contribution in [1.82, 2.24) is 0 Å². The molecule has 0 aromatic heterocycles. The first-order chi connectivity index (χ1) is 8.25. The molecule has 8 heteroatoms. The van der Waals surface area contributed by atoms with Crippen molar-refractivity contribution in [3.63, 3.8) is 0 Å². The minimum atomic E-state index is -3.60. The molecule has 5 atom stereocenters. The van der Waals surface area contributed by atoms with Crippen LogP contribution in [0.1, 0.15) is 13.8 Å². The van der Waals surface area contributed by atoms with Crippen LogP contribution in [0.5, 0.6) is 0 Å². The lowest BCUT2D eigenvalue weighted by molar-refractivity contribution is -0.195. The normalized spacial score (nSPS) is 46.1. The van der Waals surface area contributed by atoms with Crippen molar-refractivity contribution in [2.45, 2.75) is 50.3 Å². The molecule has 3 rings (SSSR count). The van der Waals surface area contributed by atoms with Crippen molar-refractivity contribution in [2.75, 3.05) is 12.9 Å². The molecule has 3 fully saturated rings. The molecule has 3 aliphatic heterocycles. The van der Waals surface area contributed by atoms with Crippen LogP contribution in [0, 0.1) is 0 Å².